The molecule has 0 aliphatic heterocycles. The molecule has 2 aromatic carbocycles. The summed E-state index contributed by atoms with van der Waals surface area (Å²) >= 11 is 5.97. The van der Waals surface area contributed by atoms with Crippen LogP contribution in [0.4, 0.5) is 13.2 Å². The molecule has 3 aromatic rings. The van der Waals surface area contributed by atoms with E-state index in [1.807, 2.05) is 35.1 Å². The zero-order chi connectivity index (χ0) is 29.2. The minimum Gasteiger partial charge on any atom is -0.491 e. The highest BCUT2D eigenvalue weighted by Gasteiger charge is 2.32. The molecule has 1 aromatic heterocycles. The second-order valence-electron chi connectivity index (χ2n) is 8.08. The lowest BCUT2D eigenvalue weighted by atomic mass is 10.1. The van der Waals surface area contributed by atoms with Gasteiger partial charge in [0.25, 0.3) is 5.91 Å². The van der Waals surface area contributed by atoms with Gasteiger partial charge in [-0.15, -0.1) is 0 Å². The Morgan fingerprint density at radius 3 is 2.52 bits per heavy atom. The van der Waals surface area contributed by atoms with Crippen LogP contribution in [0.25, 0.3) is 6.08 Å². The number of aromatic nitrogens is 1. The van der Waals surface area contributed by atoms with Gasteiger partial charge in [0.2, 0.25) is 5.88 Å². The third-order valence-corrected chi connectivity index (χ3v) is 6.41. The number of alkyl halides is 3. The highest BCUT2D eigenvalue weighted by Crippen LogP contribution is 2.36. The number of nitrogens with zero attached hydrogens (tertiary/aromatic N) is 1. The third-order valence-electron chi connectivity index (χ3n) is 5.08. The molecule has 214 valence electrons. The predicted molar refractivity (Wildman–Crippen MR) is 142 cm³/mol. The van der Waals surface area contributed by atoms with Crippen molar-refractivity contribution in [2.24, 2.45) is 0 Å². The summed E-state index contributed by atoms with van der Waals surface area (Å²) in [5, 5.41) is -0.402. The molecule has 1 heterocycles. The molecule has 0 aliphatic carbocycles. The molecule has 3 rings (SSSR count). The summed E-state index contributed by atoms with van der Waals surface area (Å²) in [4.78, 5) is 16.0. The van der Waals surface area contributed by atoms with Crippen LogP contribution in [0.1, 0.15) is 16.7 Å². The minimum absolute atomic E-state index is 0.0250. The number of pyridine rings is 1. The van der Waals surface area contributed by atoms with E-state index in [0.717, 1.165) is 11.6 Å². The quantitative estimate of drug-likeness (QED) is 0.215. The molecule has 1 amide bonds. The Morgan fingerprint density at radius 1 is 1.10 bits per heavy atom. The molecule has 0 aliphatic rings. The Morgan fingerprint density at radius 2 is 1.85 bits per heavy atom. The lowest BCUT2D eigenvalue weighted by Crippen LogP contribution is -2.40. The summed E-state index contributed by atoms with van der Waals surface area (Å²) in [6.07, 6.45) is -1.46. The summed E-state index contributed by atoms with van der Waals surface area (Å²) in [5.74, 6) is -0.934. The molecule has 0 unspecified atom stereocenters. The Hall–Kier alpha value is -3.65. The first-order chi connectivity index (χ1) is 19.0. The van der Waals surface area contributed by atoms with E-state index in [9.17, 15) is 26.4 Å². The molecule has 14 heteroatoms. The van der Waals surface area contributed by atoms with Crippen molar-refractivity contribution in [2.75, 3.05) is 26.9 Å². The summed E-state index contributed by atoms with van der Waals surface area (Å²) in [7, 11) is -2.64. The van der Waals surface area contributed by atoms with E-state index in [0.29, 0.717) is 24.4 Å². The van der Waals surface area contributed by atoms with Crippen LogP contribution in [0.15, 0.2) is 66.9 Å². The van der Waals surface area contributed by atoms with Gasteiger partial charge in [-0.2, -0.15) is 26.3 Å². The van der Waals surface area contributed by atoms with E-state index in [-0.39, 0.29) is 37.0 Å². The maximum Gasteiger partial charge on any atom is 0.417 e. The number of carbonyl (C=O) groups excluding carboxylic acids is 1. The first kappa shape index (κ1) is 30.9. The largest absolute Gasteiger partial charge is 0.491 e. The molecule has 9 nitrogen and oxygen atoms in total. The van der Waals surface area contributed by atoms with Crippen molar-refractivity contribution in [1.82, 2.24) is 14.4 Å². The predicted octanol–water partition coefficient (Wildman–Crippen LogP) is 4.78. The molecule has 0 spiro atoms. The molecule has 0 radical (unpaired) electrons. The molecule has 0 atom stereocenters. The highest BCUT2D eigenvalue weighted by atomic mass is 35.5. The van der Waals surface area contributed by atoms with E-state index >= 15 is 0 Å². The number of benzene rings is 2. The van der Waals surface area contributed by atoms with Gasteiger partial charge in [-0.05, 0) is 36.3 Å². The SMILES string of the molecule is COCCOc1ccc(/C=C/C(=O)NS(=O)(=O)NCCc2ccccc2)c(Oc2ncc(C(F)(F)F)cc2Cl)c1. The molecule has 0 bridgehead atoms. The van der Waals surface area contributed by atoms with Gasteiger partial charge < -0.3 is 14.2 Å². The maximum atomic E-state index is 13.0. The Balaban J connectivity index is 1.74. The lowest BCUT2D eigenvalue weighted by molar-refractivity contribution is -0.137. The smallest absolute Gasteiger partial charge is 0.417 e. The van der Waals surface area contributed by atoms with Crippen LogP contribution in [-0.4, -0.2) is 46.2 Å². The fourth-order valence-corrected chi connectivity index (χ4v) is 4.16. The average molecular weight is 600 g/mol. The lowest BCUT2D eigenvalue weighted by Gasteiger charge is -2.13. The van der Waals surface area contributed by atoms with Crippen LogP contribution in [-0.2, 0) is 32.3 Å². The number of hydrogen-bond acceptors (Lipinski definition) is 7. The molecular formula is C26H25ClF3N3O6S. The number of carbonyl (C=O) groups is 1. The van der Waals surface area contributed by atoms with Crippen LogP contribution in [0.3, 0.4) is 0 Å². The highest BCUT2D eigenvalue weighted by molar-refractivity contribution is 7.88. The number of amides is 1. The van der Waals surface area contributed by atoms with Gasteiger partial charge in [0.15, 0.2) is 0 Å². The van der Waals surface area contributed by atoms with Crippen molar-refractivity contribution in [3.63, 3.8) is 0 Å². The molecular weight excluding hydrogens is 575 g/mol. The second kappa shape index (κ2) is 14.1. The van der Waals surface area contributed by atoms with Crippen molar-refractivity contribution in [3.05, 3.63) is 88.6 Å². The summed E-state index contributed by atoms with van der Waals surface area (Å²) in [6.45, 7) is 0.555. The van der Waals surface area contributed by atoms with Gasteiger partial charge in [0.05, 0.1) is 12.2 Å². The Kier molecular flexibility index (Phi) is 10.9. The van der Waals surface area contributed by atoms with Gasteiger partial charge in [0.1, 0.15) is 23.1 Å². The number of halogens is 4. The second-order valence-corrected chi connectivity index (χ2v) is 9.99. The fourth-order valence-electron chi connectivity index (χ4n) is 3.18. The summed E-state index contributed by atoms with van der Waals surface area (Å²) < 4.78 is 83.6. The molecule has 40 heavy (non-hydrogen) atoms. The van der Waals surface area contributed by atoms with Crippen molar-refractivity contribution in [1.29, 1.82) is 0 Å². The molecule has 0 saturated heterocycles. The van der Waals surface area contributed by atoms with Crippen LogP contribution >= 0.6 is 11.6 Å². The first-order valence-electron chi connectivity index (χ1n) is 11.7. The standard InChI is InChI=1S/C26H25ClF3N3O6S/c1-37-13-14-38-21-9-7-19(23(16-21)39-25-22(27)15-20(17-31-25)26(28,29)30)8-10-24(34)33-40(35,36)32-12-11-18-5-3-2-4-6-18/h2-10,15-17,32H,11-14H2,1H3,(H,33,34)/b10-8+. The summed E-state index contributed by atoms with van der Waals surface area (Å²) in [6, 6.07) is 14.3. The van der Waals surface area contributed by atoms with Crippen molar-refractivity contribution >= 4 is 33.8 Å². The van der Waals surface area contributed by atoms with E-state index in [1.54, 1.807) is 6.07 Å². The number of methoxy groups -OCH3 is 1. The number of hydrogen-bond donors (Lipinski definition) is 2. The van der Waals surface area contributed by atoms with Gasteiger partial charge in [-0.25, -0.2) is 9.71 Å². The summed E-state index contributed by atoms with van der Waals surface area (Å²) in [5.41, 5.74) is 0.111. The van der Waals surface area contributed by atoms with Crippen molar-refractivity contribution < 1.29 is 40.6 Å². The van der Waals surface area contributed by atoms with Crippen LogP contribution in [0.5, 0.6) is 17.4 Å². The van der Waals surface area contributed by atoms with E-state index in [2.05, 4.69) is 9.71 Å². The zero-order valence-corrected chi connectivity index (χ0v) is 22.6. The van der Waals surface area contributed by atoms with Gasteiger partial charge >= 0.3 is 16.4 Å². The van der Waals surface area contributed by atoms with Crippen LogP contribution in [0.2, 0.25) is 5.02 Å². The Labute approximate surface area is 234 Å². The first-order valence-corrected chi connectivity index (χ1v) is 13.5. The zero-order valence-electron chi connectivity index (χ0n) is 21.1. The monoisotopic (exact) mass is 599 g/mol. The minimum atomic E-state index is -4.65. The fraction of sp³-hybridized carbons (Fsp3) is 0.231. The normalized spacial score (nSPS) is 11.9. The molecule has 0 fully saturated rings. The molecule has 2 N–H and O–H groups in total. The molecule has 0 saturated carbocycles. The average Bonchev–Trinajstić information content (AvgIpc) is 2.89. The maximum absolute atomic E-state index is 13.0. The van der Waals surface area contributed by atoms with E-state index in [4.69, 9.17) is 25.8 Å². The number of rotatable bonds is 13. The van der Waals surface area contributed by atoms with E-state index < -0.39 is 32.9 Å². The third kappa shape index (κ3) is 9.83. The number of ether oxygens (including phenoxy) is 3. The van der Waals surface area contributed by atoms with Crippen molar-refractivity contribution in [2.45, 2.75) is 12.6 Å². The Bertz CT molecular complexity index is 1440. The van der Waals surface area contributed by atoms with Crippen LogP contribution in [0, 0.1) is 0 Å². The van der Waals surface area contributed by atoms with E-state index in [1.165, 1.54) is 25.3 Å². The van der Waals surface area contributed by atoms with Gasteiger partial charge in [0, 0.05) is 37.6 Å². The van der Waals surface area contributed by atoms with Gasteiger partial charge in [-0.3, -0.25) is 4.79 Å². The van der Waals surface area contributed by atoms with Gasteiger partial charge in [-0.1, -0.05) is 41.9 Å². The topological polar surface area (TPSA) is 116 Å². The van der Waals surface area contributed by atoms with Crippen LogP contribution < -0.4 is 18.9 Å². The number of nitrogens with one attached hydrogen (secondary N) is 2. The van der Waals surface area contributed by atoms with Crippen molar-refractivity contribution in [3.8, 4) is 17.4 Å².